The third-order valence-electron chi connectivity index (χ3n) is 4.51. The van der Waals surface area contributed by atoms with E-state index in [1.54, 1.807) is 12.1 Å². The molecule has 0 saturated carbocycles. The number of halogens is 1. The molecule has 1 amide bonds. The topological polar surface area (TPSA) is 71.8 Å². The van der Waals surface area contributed by atoms with Gasteiger partial charge in [0.15, 0.2) is 5.82 Å². The summed E-state index contributed by atoms with van der Waals surface area (Å²) in [6.45, 7) is 2.07. The first-order chi connectivity index (χ1) is 13.7. The first-order valence-corrected chi connectivity index (χ1v) is 10.0. The van der Waals surface area contributed by atoms with Crippen molar-refractivity contribution in [2.45, 2.75) is 36.2 Å². The van der Waals surface area contributed by atoms with Crippen molar-refractivity contribution in [1.29, 1.82) is 0 Å². The van der Waals surface area contributed by atoms with E-state index in [-0.39, 0.29) is 17.8 Å². The zero-order chi connectivity index (χ0) is 19.5. The lowest BCUT2D eigenvalue weighted by atomic mass is 10.0. The molecule has 1 aliphatic heterocycles. The zero-order valence-corrected chi connectivity index (χ0v) is 16.1. The minimum absolute atomic E-state index is 0.149. The molecule has 3 aromatic rings. The van der Waals surface area contributed by atoms with Crippen LogP contribution in [0.2, 0.25) is 0 Å². The Hall–Kier alpha value is -2.87. The number of hydrogen-bond acceptors (Lipinski definition) is 5. The van der Waals surface area contributed by atoms with E-state index in [1.807, 2.05) is 35.0 Å². The first kappa shape index (κ1) is 18.5. The van der Waals surface area contributed by atoms with Gasteiger partial charge in [-0.1, -0.05) is 49.0 Å². The van der Waals surface area contributed by atoms with Crippen LogP contribution >= 0.6 is 11.8 Å². The molecular formula is C20H20FN5OS. The maximum absolute atomic E-state index is 13.4. The van der Waals surface area contributed by atoms with Crippen molar-refractivity contribution in [3.8, 4) is 0 Å². The Morgan fingerprint density at radius 3 is 2.64 bits per heavy atom. The smallest absolute Gasteiger partial charge is 0.240 e. The Labute approximate surface area is 166 Å². The number of thioether (sulfide) groups is 1. The third-order valence-corrected chi connectivity index (χ3v) is 5.72. The van der Waals surface area contributed by atoms with Crippen LogP contribution in [0.3, 0.4) is 0 Å². The number of carbonyl (C=O) groups is 1. The lowest BCUT2D eigenvalue weighted by Crippen LogP contribution is -2.41. The van der Waals surface area contributed by atoms with E-state index in [4.69, 9.17) is 0 Å². The van der Waals surface area contributed by atoms with Crippen LogP contribution in [0.5, 0.6) is 0 Å². The molecule has 0 fully saturated rings. The number of fused-ring (bicyclic) bond motifs is 1. The van der Waals surface area contributed by atoms with Crippen molar-refractivity contribution in [2.75, 3.05) is 10.7 Å². The van der Waals surface area contributed by atoms with E-state index in [0.29, 0.717) is 5.16 Å². The van der Waals surface area contributed by atoms with E-state index < -0.39 is 5.25 Å². The fourth-order valence-electron chi connectivity index (χ4n) is 3.14. The molecule has 144 valence electrons. The molecule has 8 heteroatoms. The quantitative estimate of drug-likeness (QED) is 0.686. The molecule has 2 aromatic carbocycles. The number of anilines is 1. The molecule has 0 bridgehead atoms. The molecule has 2 N–H and O–H groups in total. The Balaban J connectivity index is 1.66. The van der Waals surface area contributed by atoms with Crippen LogP contribution in [0.15, 0.2) is 59.8 Å². The van der Waals surface area contributed by atoms with Crippen molar-refractivity contribution >= 4 is 23.4 Å². The molecule has 0 spiro atoms. The van der Waals surface area contributed by atoms with Gasteiger partial charge in [-0.15, -0.1) is 10.2 Å². The number of aryl methyl sites for hydroxylation is 1. The van der Waals surface area contributed by atoms with E-state index in [2.05, 4.69) is 27.9 Å². The van der Waals surface area contributed by atoms with Crippen LogP contribution in [0.1, 0.15) is 30.8 Å². The molecule has 0 unspecified atom stereocenters. The van der Waals surface area contributed by atoms with Crippen molar-refractivity contribution in [3.63, 3.8) is 0 Å². The van der Waals surface area contributed by atoms with Gasteiger partial charge in [-0.2, -0.15) is 0 Å². The zero-order valence-electron chi connectivity index (χ0n) is 15.3. The summed E-state index contributed by atoms with van der Waals surface area (Å²) in [4.78, 5) is 13.1. The second kappa shape index (κ2) is 8.02. The lowest BCUT2D eigenvalue weighted by molar-refractivity contribution is -0.116. The van der Waals surface area contributed by atoms with Crippen molar-refractivity contribution in [1.82, 2.24) is 14.9 Å². The largest absolute Gasteiger partial charge is 0.325 e. The summed E-state index contributed by atoms with van der Waals surface area (Å²) >= 11 is 1.36. The maximum Gasteiger partial charge on any atom is 0.240 e. The van der Waals surface area contributed by atoms with Gasteiger partial charge in [-0.25, -0.2) is 9.07 Å². The number of benzene rings is 2. The molecule has 1 aromatic heterocycles. The Morgan fingerprint density at radius 1 is 1.18 bits per heavy atom. The number of amides is 1. The average Bonchev–Trinajstić information content (AvgIpc) is 3.11. The summed E-state index contributed by atoms with van der Waals surface area (Å²) in [5.41, 5.74) is 4.92. The highest BCUT2D eigenvalue weighted by atomic mass is 32.2. The summed E-state index contributed by atoms with van der Waals surface area (Å²) in [7, 11) is 0. The van der Waals surface area contributed by atoms with Crippen molar-refractivity contribution in [3.05, 3.63) is 71.8 Å². The van der Waals surface area contributed by atoms with Gasteiger partial charge in [0.1, 0.15) is 11.1 Å². The van der Waals surface area contributed by atoms with Crippen LogP contribution in [0, 0.1) is 5.82 Å². The molecule has 6 nitrogen and oxygen atoms in total. The summed E-state index contributed by atoms with van der Waals surface area (Å²) in [5, 5.41) is 11.6. The Morgan fingerprint density at radius 2 is 1.93 bits per heavy atom. The highest BCUT2D eigenvalue weighted by Gasteiger charge is 2.37. The van der Waals surface area contributed by atoms with E-state index in [9.17, 15) is 9.18 Å². The van der Waals surface area contributed by atoms with Gasteiger partial charge >= 0.3 is 0 Å². The highest BCUT2D eigenvalue weighted by molar-refractivity contribution is 8.00. The lowest BCUT2D eigenvalue weighted by Gasteiger charge is -2.33. The maximum atomic E-state index is 13.4. The van der Waals surface area contributed by atoms with Gasteiger partial charge in [0.25, 0.3) is 0 Å². The Kier molecular flexibility index (Phi) is 5.29. The second-order valence-electron chi connectivity index (χ2n) is 6.54. The molecule has 4 rings (SSSR count). The van der Waals surface area contributed by atoms with Gasteiger partial charge in [-0.05, 0) is 36.2 Å². The standard InChI is InChI=1S/C20H20FN5OS/c1-2-6-16-23-24-20-26(16)25-17(13-9-11-14(21)12-10-13)18(28-20)19(27)22-15-7-4-3-5-8-15/h3-5,7-12,17-18,25H,2,6H2,1H3,(H,22,27)/t17-,18-/m0/s1. The summed E-state index contributed by atoms with van der Waals surface area (Å²) in [6.07, 6.45) is 1.71. The number of hydrogen-bond donors (Lipinski definition) is 2. The molecular weight excluding hydrogens is 377 g/mol. The molecule has 0 saturated heterocycles. The predicted octanol–water partition coefficient (Wildman–Crippen LogP) is 3.77. The first-order valence-electron chi connectivity index (χ1n) is 9.14. The molecule has 2 heterocycles. The average molecular weight is 397 g/mol. The molecule has 1 aliphatic rings. The van der Waals surface area contributed by atoms with Gasteiger partial charge in [0.05, 0.1) is 6.04 Å². The highest BCUT2D eigenvalue weighted by Crippen LogP contribution is 2.37. The van der Waals surface area contributed by atoms with Crippen LogP contribution < -0.4 is 10.7 Å². The van der Waals surface area contributed by atoms with E-state index in [1.165, 1.54) is 23.9 Å². The van der Waals surface area contributed by atoms with Crippen molar-refractivity contribution < 1.29 is 9.18 Å². The van der Waals surface area contributed by atoms with Crippen LogP contribution in [-0.2, 0) is 11.2 Å². The fraction of sp³-hybridized carbons (Fsp3) is 0.250. The second-order valence-corrected chi connectivity index (χ2v) is 7.64. The van der Waals surface area contributed by atoms with Gasteiger partial charge in [0, 0.05) is 12.1 Å². The summed E-state index contributed by atoms with van der Waals surface area (Å²) in [6, 6.07) is 15.2. The monoisotopic (exact) mass is 397 g/mol. The van der Waals surface area contributed by atoms with Crippen LogP contribution in [0.25, 0.3) is 0 Å². The van der Waals surface area contributed by atoms with Crippen LogP contribution in [0.4, 0.5) is 10.1 Å². The van der Waals surface area contributed by atoms with Crippen LogP contribution in [-0.4, -0.2) is 26.0 Å². The number of aromatic nitrogens is 3. The van der Waals surface area contributed by atoms with E-state index >= 15 is 0 Å². The summed E-state index contributed by atoms with van der Waals surface area (Å²) < 4.78 is 15.3. The number of para-hydroxylation sites is 1. The van der Waals surface area contributed by atoms with Crippen molar-refractivity contribution in [2.24, 2.45) is 0 Å². The molecule has 0 radical (unpaired) electrons. The van der Waals surface area contributed by atoms with Gasteiger partial charge in [0.2, 0.25) is 11.1 Å². The SMILES string of the molecule is CCCc1nnc2n1N[C@@H](c1ccc(F)cc1)[C@@H](C(=O)Nc1ccccc1)S2. The minimum atomic E-state index is -0.489. The normalized spacial score (nSPS) is 18.2. The minimum Gasteiger partial charge on any atom is -0.325 e. The number of rotatable bonds is 5. The van der Waals surface area contributed by atoms with Gasteiger partial charge in [-0.3, -0.25) is 4.79 Å². The molecule has 2 atom stereocenters. The fourth-order valence-corrected chi connectivity index (χ4v) is 4.24. The molecule has 28 heavy (non-hydrogen) atoms. The third kappa shape index (κ3) is 3.73. The van der Waals surface area contributed by atoms with E-state index in [0.717, 1.165) is 29.9 Å². The number of nitrogens with zero attached hydrogens (tertiary/aromatic N) is 3. The summed E-state index contributed by atoms with van der Waals surface area (Å²) in [5.74, 6) is 0.359. The molecule has 0 aliphatic carbocycles. The van der Waals surface area contributed by atoms with Gasteiger partial charge < -0.3 is 10.7 Å². The number of carbonyl (C=O) groups excluding carboxylic acids is 1. The predicted molar refractivity (Wildman–Crippen MR) is 107 cm³/mol. The Bertz CT molecular complexity index is 960. The number of nitrogens with one attached hydrogen (secondary N) is 2.